The van der Waals surface area contributed by atoms with Gasteiger partial charge in [-0.15, -0.1) is 0 Å². The number of nitrogens with zero attached hydrogens (tertiary/aromatic N) is 1. The minimum Gasteiger partial charge on any atom is -0.446 e. The number of hydrogen-bond acceptors (Lipinski definition) is 6. The number of rotatable bonds is 11. The SMILES string of the molecule is CCC.CCCC(NC(=O)[C@@H]1CCCN1C(=O)[C@@H](NC(=O)OC(C)C(C)C)C1Cc2ccccc2C1)C(=O)C(N)=O. The van der Waals surface area contributed by atoms with Crippen LogP contribution in [0.1, 0.15) is 84.8 Å². The van der Waals surface area contributed by atoms with Crippen LogP contribution in [0.2, 0.25) is 0 Å². The van der Waals surface area contributed by atoms with Crippen molar-refractivity contribution in [2.45, 2.75) is 111 Å². The third kappa shape index (κ3) is 9.30. The van der Waals surface area contributed by atoms with Crippen LogP contribution in [0.5, 0.6) is 0 Å². The number of benzene rings is 1. The summed E-state index contributed by atoms with van der Waals surface area (Å²) in [6, 6.07) is 5.20. The molecule has 1 aromatic carbocycles. The van der Waals surface area contributed by atoms with Crippen molar-refractivity contribution in [3.63, 3.8) is 0 Å². The highest BCUT2D eigenvalue weighted by molar-refractivity contribution is 6.37. The molecule has 1 heterocycles. The Labute approximate surface area is 244 Å². The standard InChI is InChI=1S/C28H40N4O6.C3H8/c1-5-9-21(24(33)25(29)34)30-26(35)22-12-8-13-32(22)27(36)23(31-28(37)38-17(4)16(2)3)20-14-18-10-6-7-11-19(18)15-20;1-3-2/h6-7,10-11,16-17,20-23H,5,8-9,12-15H2,1-4H3,(H2,29,34)(H,30,35)(H,31,37);3H2,1-2H3/t17?,21?,22-,23-;/m0./s1. The molecule has 1 fully saturated rings. The van der Waals surface area contributed by atoms with Gasteiger partial charge in [-0.1, -0.05) is 71.7 Å². The highest BCUT2D eigenvalue weighted by Crippen LogP contribution is 2.31. The first-order valence-corrected chi connectivity index (χ1v) is 14.9. The van der Waals surface area contributed by atoms with E-state index in [1.165, 1.54) is 11.3 Å². The van der Waals surface area contributed by atoms with Gasteiger partial charge in [0.05, 0.1) is 6.04 Å². The first kappa shape index (κ1) is 33.8. The summed E-state index contributed by atoms with van der Waals surface area (Å²) in [6.45, 7) is 12.1. The number of nitrogens with one attached hydrogen (secondary N) is 2. The molecule has 41 heavy (non-hydrogen) atoms. The zero-order valence-corrected chi connectivity index (χ0v) is 25.4. The van der Waals surface area contributed by atoms with Gasteiger partial charge >= 0.3 is 6.09 Å². The molecule has 0 aromatic heterocycles. The van der Waals surface area contributed by atoms with E-state index in [0.29, 0.717) is 38.6 Å². The predicted octanol–water partition coefficient (Wildman–Crippen LogP) is 3.29. The topological polar surface area (TPSA) is 148 Å². The number of primary amides is 1. The Hall–Kier alpha value is -3.43. The molecular formula is C31H48N4O6. The van der Waals surface area contributed by atoms with Gasteiger partial charge in [0.1, 0.15) is 18.2 Å². The number of ether oxygens (including phenoxy) is 1. The molecular weight excluding hydrogens is 524 g/mol. The molecule has 1 saturated heterocycles. The third-order valence-electron chi connectivity index (χ3n) is 7.62. The maximum absolute atomic E-state index is 13.9. The number of ketones is 1. The van der Waals surface area contributed by atoms with Gasteiger partial charge in [0, 0.05) is 6.54 Å². The average Bonchev–Trinajstić information content (AvgIpc) is 3.58. The summed E-state index contributed by atoms with van der Waals surface area (Å²) in [6.07, 6.45) is 3.30. The average molecular weight is 573 g/mol. The first-order valence-electron chi connectivity index (χ1n) is 14.9. The van der Waals surface area contributed by atoms with Gasteiger partial charge in [-0.05, 0) is 62.0 Å². The van der Waals surface area contributed by atoms with Crippen molar-refractivity contribution in [1.82, 2.24) is 15.5 Å². The Morgan fingerprint density at radius 3 is 2.10 bits per heavy atom. The van der Waals surface area contributed by atoms with Crippen molar-refractivity contribution >= 4 is 29.6 Å². The Kier molecular flexibility index (Phi) is 13.3. The second-order valence-corrected chi connectivity index (χ2v) is 11.4. The summed E-state index contributed by atoms with van der Waals surface area (Å²) in [5, 5.41) is 5.44. The van der Waals surface area contributed by atoms with E-state index in [0.717, 1.165) is 11.1 Å². The van der Waals surface area contributed by atoms with Gasteiger partial charge in [0.15, 0.2) is 0 Å². The number of hydrogen-bond donors (Lipinski definition) is 3. The summed E-state index contributed by atoms with van der Waals surface area (Å²) < 4.78 is 5.51. The minimum absolute atomic E-state index is 0.108. The van der Waals surface area contributed by atoms with Crippen molar-refractivity contribution < 1.29 is 28.7 Å². The van der Waals surface area contributed by atoms with Gasteiger partial charge in [-0.3, -0.25) is 19.2 Å². The van der Waals surface area contributed by atoms with E-state index >= 15 is 0 Å². The molecule has 0 radical (unpaired) electrons. The first-order chi connectivity index (χ1) is 19.4. The van der Waals surface area contributed by atoms with Crippen LogP contribution in [0.25, 0.3) is 0 Å². The van der Waals surface area contributed by atoms with Crippen LogP contribution in [0.3, 0.4) is 0 Å². The summed E-state index contributed by atoms with van der Waals surface area (Å²) in [5.41, 5.74) is 7.42. The lowest BCUT2D eigenvalue weighted by Crippen LogP contribution is -2.58. The van der Waals surface area contributed by atoms with Gasteiger partial charge < -0.3 is 26.0 Å². The Bertz CT molecular complexity index is 1050. The molecule has 4 atom stereocenters. The molecule has 3 rings (SSSR count). The van der Waals surface area contributed by atoms with Crippen LogP contribution in [-0.2, 0) is 36.8 Å². The Morgan fingerprint density at radius 2 is 1.59 bits per heavy atom. The minimum atomic E-state index is -1.11. The summed E-state index contributed by atoms with van der Waals surface area (Å²) in [4.78, 5) is 65.1. The predicted molar refractivity (Wildman–Crippen MR) is 157 cm³/mol. The normalized spacial score (nSPS) is 18.4. The van der Waals surface area contributed by atoms with Crippen LogP contribution >= 0.6 is 0 Å². The Morgan fingerprint density at radius 1 is 1.00 bits per heavy atom. The van der Waals surface area contributed by atoms with Crippen LogP contribution in [0, 0.1) is 11.8 Å². The van der Waals surface area contributed by atoms with Gasteiger partial charge in [0.2, 0.25) is 17.6 Å². The number of carbonyl (C=O) groups excluding carboxylic acids is 5. The lowest BCUT2D eigenvalue weighted by molar-refractivity contribution is -0.142. The third-order valence-corrected chi connectivity index (χ3v) is 7.62. The van der Waals surface area contributed by atoms with Crippen LogP contribution < -0.4 is 16.4 Å². The molecule has 1 aliphatic carbocycles. The van der Waals surface area contributed by atoms with Crippen LogP contribution in [0.4, 0.5) is 4.79 Å². The van der Waals surface area contributed by atoms with E-state index in [9.17, 15) is 24.0 Å². The van der Waals surface area contributed by atoms with Crippen molar-refractivity contribution in [2.75, 3.05) is 6.54 Å². The van der Waals surface area contributed by atoms with E-state index in [1.54, 1.807) is 6.92 Å². The van der Waals surface area contributed by atoms with Crippen molar-refractivity contribution in [2.24, 2.45) is 17.6 Å². The van der Waals surface area contributed by atoms with E-state index in [1.807, 2.05) is 45.0 Å². The van der Waals surface area contributed by atoms with E-state index < -0.39 is 41.8 Å². The van der Waals surface area contributed by atoms with Crippen LogP contribution in [-0.4, -0.2) is 65.3 Å². The summed E-state index contributed by atoms with van der Waals surface area (Å²) in [5.74, 6) is -2.92. The number of carbonyl (C=O) groups is 5. The van der Waals surface area contributed by atoms with Crippen LogP contribution in [0.15, 0.2) is 24.3 Å². The summed E-state index contributed by atoms with van der Waals surface area (Å²) >= 11 is 0. The molecule has 4 N–H and O–H groups in total. The number of fused-ring (bicyclic) bond motifs is 1. The van der Waals surface area contributed by atoms with E-state index in [2.05, 4.69) is 24.5 Å². The van der Waals surface area contributed by atoms with Gasteiger partial charge in [-0.2, -0.15) is 0 Å². The molecule has 2 unspecified atom stereocenters. The molecule has 0 spiro atoms. The highest BCUT2D eigenvalue weighted by atomic mass is 16.6. The fourth-order valence-electron chi connectivity index (χ4n) is 5.15. The molecule has 4 amide bonds. The zero-order valence-electron chi connectivity index (χ0n) is 25.4. The number of nitrogens with two attached hydrogens (primary N) is 1. The van der Waals surface area contributed by atoms with E-state index in [4.69, 9.17) is 10.5 Å². The fraction of sp³-hybridized carbons (Fsp3) is 0.645. The number of amides is 4. The second kappa shape index (κ2) is 16.1. The zero-order chi connectivity index (χ0) is 30.7. The second-order valence-electron chi connectivity index (χ2n) is 11.4. The highest BCUT2D eigenvalue weighted by Gasteiger charge is 2.43. The maximum atomic E-state index is 13.9. The molecule has 1 aromatic rings. The molecule has 0 bridgehead atoms. The van der Waals surface area contributed by atoms with Gasteiger partial charge in [-0.25, -0.2) is 4.79 Å². The molecule has 10 nitrogen and oxygen atoms in total. The summed E-state index contributed by atoms with van der Waals surface area (Å²) in [7, 11) is 0. The number of alkyl carbamates (subject to hydrolysis) is 1. The molecule has 10 heteroatoms. The molecule has 0 saturated carbocycles. The van der Waals surface area contributed by atoms with Crippen molar-refractivity contribution in [1.29, 1.82) is 0 Å². The van der Waals surface area contributed by atoms with Gasteiger partial charge in [0.25, 0.3) is 5.91 Å². The molecule has 228 valence electrons. The quantitative estimate of drug-likeness (QED) is 0.347. The molecule has 1 aliphatic heterocycles. The van der Waals surface area contributed by atoms with E-state index in [-0.39, 0.29) is 30.3 Å². The monoisotopic (exact) mass is 572 g/mol. The van der Waals surface area contributed by atoms with Crippen molar-refractivity contribution in [3.05, 3.63) is 35.4 Å². The fourth-order valence-corrected chi connectivity index (χ4v) is 5.15. The Balaban J connectivity index is 0.00000187. The number of likely N-dealkylation sites (tertiary alicyclic amines) is 1. The smallest absolute Gasteiger partial charge is 0.408 e. The lowest BCUT2D eigenvalue weighted by atomic mass is 9.95. The lowest BCUT2D eigenvalue weighted by Gasteiger charge is -2.32. The largest absolute Gasteiger partial charge is 0.446 e. The van der Waals surface area contributed by atoms with Crippen molar-refractivity contribution in [3.8, 4) is 0 Å². The number of Topliss-reactive ketones (excluding diaryl/α,β-unsaturated/α-hetero) is 1. The maximum Gasteiger partial charge on any atom is 0.408 e. The molecule has 2 aliphatic rings.